The van der Waals surface area contributed by atoms with E-state index in [1.54, 1.807) is 0 Å². The maximum Gasteiger partial charge on any atom is 0.340 e. The first-order valence-corrected chi connectivity index (χ1v) is 12.5. The van der Waals surface area contributed by atoms with Gasteiger partial charge in [0.2, 0.25) is 0 Å². The number of rotatable bonds is 4. The molecule has 38 heavy (non-hydrogen) atoms. The van der Waals surface area contributed by atoms with E-state index in [9.17, 15) is 23.2 Å². The molecular weight excluding hydrogens is 498 g/mol. The third-order valence-corrected chi connectivity index (χ3v) is 6.54. The van der Waals surface area contributed by atoms with Crippen molar-refractivity contribution in [2.24, 2.45) is 11.8 Å². The lowest BCUT2D eigenvalue weighted by Gasteiger charge is -2.24. The molecule has 200 valence electrons. The van der Waals surface area contributed by atoms with Crippen LogP contribution in [0, 0.1) is 23.5 Å². The van der Waals surface area contributed by atoms with Gasteiger partial charge in [-0.15, -0.1) is 0 Å². The summed E-state index contributed by atoms with van der Waals surface area (Å²) < 4.78 is 44.0. The molecule has 0 N–H and O–H groups in total. The number of aromatic nitrogens is 2. The van der Waals surface area contributed by atoms with Crippen LogP contribution in [-0.2, 0) is 19.0 Å². The highest BCUT2D eigenvalue weighted by atomic mass is 19.1. The standard InChI is InChI=1S/C28H28F2N2O6/c1-17-5-3-2-4-6-18-11-23(37-27(34)19-9-21(29)15-31-13-19)12-24(18)25(7-8-26(33)36-17)38-28(35)20-10-22(30)16-32-14-20/h4,6-10,13-18,23-25H,2-3,5,11-12H2,1H3/b6-4+,8-7+/t17-,18+,23-,24+,25+/m0/s1. The molecule has 5 atom stereocenters. The van der Waals surface area contributed by atoms with E-state index in [1.165, 1.54) is 24.5 Å². The van der Waals surface area contributed by atoms with Crippen molar-refractivity contribution in [2.45, 2.75) is 57.3 Å². The third-order valence-electron chi connectivity index (χ3n) is 6.54. The maximum absolute atomic E-state index is 13.7. The van der Waals surface area contributed by atoms with Crippen LogP contribution in [0.2, 0.25) is 0 Å². The molecule has 0 amide bonds. The van der Waals surface area contributed by atoms with Crippen LogP contribution in [0.3, 0.4) is 0 Å². The van der Waals surface area contributed by atoms with E-state index in [0.29, 0.717) is 19.3 Å². The average molecular weight is 527 g/mol. The summed E-state index contributed by atoms with van der Waals surface area (Å²) in [6.07, 6.45) is 12.3. The summed E-state index contributed by atoms with van der Waals surface area (Å²) in [6.45, 7) is 1.81. The van der Waals surface area contributed by atoms with E-state index in [0.717, 1.165) is 37.4 Å². The number of fused-ring (bicyclic) bond motifs is 1. The maximum atomic E-state index is 13.7. The first-order chi connectivity index (χ1) is 18.3. The lowest BCUT2D eigenvalue weighted by molar-refractivity contribution is -0.142. The quantitative estimate of drug-likeness (QED) is 0.319. The van der Waals surface area contributed by atoms with Crippen LogP contribution in [0.15, 0.2) is 61.2 Å². The Bertz CT molecular complexity index is 1230. The zero-order valence-electron chi connectivity index (χ0n) is 20.8. The van der Waals surface area contributed by atoms with Crippen LogP contribution < -0.4 is 0 Å². The summed E-state index contributed by atoms with van der Waals surface area (Å²) in [4.78, 5) is 45.3. The molecule has 0 spiro atoms. The lowest BCUT2D eigenvalue weighted by atomic mass is 9.89. The number of ether oxygens (including phenoxy) is 3. The number of carbonyl (C=O) groups is 3. The second-order valence-electron chi connectivity index (χ2n) is 9.45. The molecule has 10 heteroatoms. The predicted molar refractivity (Wildman–Crippen MR) is 131 cm³/mol. The van der Waals surface area contributed by atoms with Crippen LogP contribution in [0.4, 0.5) is 8.78 Å². The Kier molecular flexibility index (Phi) is 8.93. The summed E-state index contributed by atoms with van der Waals surface area (Å²) in [5.41, 5.74) is -0.0924. The van der Waals surface area contributed by atoms with Crippen LogP contribution >= 0.6 is 0 Å². The second kappa shape index (κ2) is 12.5. The van der Waals surface area contributed by atoms with Crippen molar-refractivity contribution in [2.75, 3.05) is 0 Å². The van der Waals surface area contributed by atoms with Crippen molar-refractivity contribution in [3.05, 3.63) is 84.0 Å². The summed E-state index contributed by atoms with van der Waals surface area (Å²) in [5, 5.41) is 0. The number of hydrogen-bond acceptors (Lipinski definition) is 8. The molecule has 2 aromatic heterocycles. The number of esters is 3. The molecule has 2 aliphatic rings. The van der Waals surface area contributed by atoms with Gasteiger partial charge in [-0.3, -0.25) is 9.97 Å². The Labute approximate surface area is 218 Å². The fraction of sp³-hybridized carbons (Fsp3) is 0.393. The number of pyridine rings is 2. The molecule has 3 heterocycles. The number of halogens is 2. The number of cyclic esters (lactones) is 1. The minimum Gasteiger partial charge on any atom is -0.460 e. The molecule has 1 aliphatic heterocycles. The van der Waals surface area contributed by atoms with E-state index in [4.69, 9.17) is 14.2 Å². The Morgan fingerprint density at radius 2 is 1.61 bits per heavy atom. The van der Waals surface area contributed by atoms with Gasteiger partial charge in [0, 0.05) is 24.4 Å². The molecule has 8 nitrogen and oxygen atoms in total. The van der Waals surface area contributed by atoms with Gasteiger partial charge >= 0.3 is 17.9 Å². The fourth-order valence-electron chi connectivity index (χ4n) is 4.74. The van der Waals surface area contributed by atoms with E-state index in [2.05, 4.69) is 9.97 Å². The van der Waals surface area contributed by atoms with Gasteiger partial charge in [0.05, 0.1) is 29.6 Å². The minimum atomic E-state index is -0.913. The fourth-order valence-corrected chi connectivity index (χ4v) is 4.74. The highest BCUT2D eigenvalue weighted by molar-refractivity contribution is 5.90. The highest BCUT2D eigenvalue weighted by Gasteiger charge is 2.41. The molecule has 1 fully saturated rings. The smallest absolute Gasteiger partial charge is 0.340 e. The van der Waals surface area contributed by atoms with Gasteiger partial charge in [-0.25, -0.2) is 23.2 Å². The lowest BCUT2D eigenvalue weighted by Crippen LogP contribution is -2.28. The molecule has 0 bridgehead atoms. The van der Waals surface area contributed by atoms with Gasteiger partial charge in [-0.05, 0) is 63.2 Å². The normalized spacial score (nSPS) is 27.4. The van der Waals surface area contributed by atoms with Gasteiger partial charge in [0.15, 0.2) is 0 Å². The van der Waals surface area contributed by atoms with Gasteiger partial charge in [0.25, 0.3) is 0 Å². The zero-order chi connectivity index (χ0) is 27.1. The highest BCUT2D eigenvalue weighted by Crippen LogP contribution is 2.39. The van der Waals surface area contributed by atoms with E-state index < -0.39 is 41.8 Å². The molecule has 0 saturated heterocycles. The topological polar surface area (TPSA) is 105 Å². The summed E-state index contributed by atoms with van der Waals surface area (Å²) in [7, 11) is 0. The van der Waals surface area contributed by atoms with E-state index >= 15 is 0 Å². The van der Waals surface area contributed by atoms with Crippen molar-refractivity contribution in [3.8, 4) is 0 Å². The number of nitrogens with zero attached hydrogens (tertiary/aromatic N) is 2. The van der Waals surface area contributed by atoms with E-state index in [-0.39, 0.29) is 29.1 Å². The number of hydrogen-bond donors (Lipinski definition) is 0. The monoisotopic (exact) mass is 526 g/mol. The van der Waals surface area contributed by atoms with Crippen molar-refractivity contribution in [1.29, 1.82) is 0 Å². The van der Waals surface area contributed by atoms with Crippen LogP contribution in [0.5, 0.6) is 0 Å². The molecule has 0 radical (unpaired) electrons. The van der Waals surface area contributed by atoms with Crippen molar-refractivity contribution < 1.29 is 37.4 Å². The summed E-state index contributed by atoms with van der Waals surface area (Å²) in [6, 6.07) is 2.06. The van der Waals surface area contributed by atoms with Gasteiger partial charge < -0.3 is 14.2 Å². The van der Waals surface area contributed by atoms with Crippen LogP contribution in [0.1, 0.15) is 59.7 Å². The number of carbonyl (C=O) groups excluding carboxylic acids is 3. The molecule has 2 aromatic rings. The molecule has 0 unspecified atom stereocenters. The van der Waals surface area contributed by atoms with E-state index in [1.807, 2.05) is 19.1 Å². The summed E-state index contributed by atoms with van der Waals surface area (Å²) >= 11 is 0. The van der Waals surface area contributed by atoms with Crippen molar-refractivity contribution in [1.82, 2.24) is 9.97 Å². The number of allylic oxidation sites excluding steroid dienone is 2. The minimum absolute atomic E-state index is 0.0129. The first kappa shape index (κ1) is 27.1. The second-order valence-corrected chi connectivity index (χ2v) is 9.45. The zero-order valence-corrected chi connectivity index (χ0v) is 20.8. The largest absolute Gasteiger partial charge is 0.460 e. The van der Waals surface area contributed by atoms with Crippen LogP contribution in [0.25, 0.3) is 0 Å². The van der Waals surface area contributed by atoms with Gasteiger partial charge in [-0.1, -0.05) is 12.2 Å². The average Bonchev–Trinajstić information content (AvgIpc) is 3.28. The summed E-state index contributed by atoms with van der Waals surface area (Å²) in [5.74, 6) is -3.99. The van der Waals surface area contributed by atoms with Crippen LogP contribution in [-0.4, -0.2) is 46.2 Å². The SMILES string of the molecule is C[C@H]1CCC/C=C/[C@@H]2C[C@H](OC(=O)c3cncc(F)c3)C[C@H]2[C@H](OC(=O)c2cncc(F)c2)/C=C/C(=O)O1. The van der Waals surface area contributed by atoms with Gasteiger partial charge in [0.1, 0.15) is 23.8 Å². The molecule has 0 aromatic carbocycles. The Balaban J connectivity index is 1.58. The molecule has 1 saturated carbocycles. The van der Waals surface area contributed by atoms with Crippen molar-refractivity contribution in [3.63, 3.8) is 0 Å². The molecular formula is C28H28F2N2O6. The Morgan fingerprint density at radius 1 is 0.947 bits per heavy atom. The Hall–Kier alpha value is -3.95. The first-order valence-electron chi connectivity index (χ1n) is 12.5. The predicted octanol–water partition coefficient (Wildman–Crippen LogP) is 4.76. The molecule has 1 aliphatic carbocycles. The van der Waals surface area contributed by atoms with Crippen molar-refractivity contribution >= 4 is 17.9 Å². The molecule has 4 rings (SSSR count). The Morgan fingerprint density at radius 3 is 2.26 bits per heavy atom. The third kappa shape index (κ3) is 7.30. The van der Waals surface area contributed by atoms with Gasteiger partial charge in [-0.2, -0.15) is 0 Å².